The first kappa shape index (κ1) is 9.93. The second-order valence-corrected chi connectivity index (χ2v) is 3.47. The number of benzene rings is 1. The van der Waals surface area contributed by atoms with E-state index >= 15 is 0 Å². The van der Waals surface area contributed by atoms with Crippen LogP contribution in [0.1, 0.15) is 18.6 Å². The number of H-pyrrole nitrogens is 1. The maximum absolute atomic E-state index is 5.28. The van der Waals surface area contributed by atoms with E-state index in [4.69, 9.17) is 4.74 Å². The Morgan fingerprint density at radius 3 is 2.87 bits per heavy atom. The number of aromatic nitrogens is 2. The van der Waals surface area contributed by atoms with Gasteiger partial charge in [0.05, 0.1) is 11.8 Å². The van der Waals surface area contributed by atoms with Crippen LogP contribution in [-0.2, 0) is 4.74 Å². The summed E-state index contributed by atoms with van der Waals surface area (Å²) >= 11 is 0. The molecule has 15 heavy (non-hydrogen) atoms. The number of ether oxygens (including phenoxy) is 1. The van der Waals surface area contributed by atoms with Crippen molar-refractivity contribution in [2.24, 2.45) is 0 Å². The third-order valence-electron chi connectivity index (χ3n) is 2.52. The van der Waals surface area contributed by atoms with Crippen LogP contribution in [-0.4, -0.2) is 17.3 Å². The number of hydrogen-bond acceptors (Lipinski definition) is 2. The highest BCUT2D eigenvalue weighted by Crippen LogP contribution is 2.22. The Kier molecular flexibility index (Phi) is 2.83. The van der Waals surface area contributed by atoms with E-state index in [1.807, 2.05) is 19.1 Å². The first-order chi connectivity index (χ1) is 7.31. The molecular formula is C12H14N2O. The zero-order valence-electron chi connectivity index (χ0n) is 8.90. The van der Waals surface area contributed by atoms with E-state index in [-0.39, 0.29) is 6.10 Å². The standard InChI is InChI=1S/C12H14N2O/c1-9(15-2)10-4-3-5-11(8-10)12-6-7-13-14-12/h3-9H,1-2H3,(H,13,14). The molecule has 0 radical (unpaired) electrons. The average molecular weight is 202 g/mol. The monoisotopic (exact) mass is 202 g/mol. The summed E-state index contributed by atoms with van der Waals surface area (Å²) in [5, 5.41) is 6.88. The van der Waals surface area contributed by atoms with Crippen LogP contribution in [0.15, 0.2) is 36.5 Å². The van der Waals surface area contributed by atoms with E-state index in [9.17, 15) is 0 Å². The molecule has 3 nitrogen and oxygen atoms in total. The molecule has 0 amide bonds. The van der Waals surface area contributed by atoms with Gasteiger partial charge in [0.15, 0.2) is 0 Å². The summed E-state index contributed by atoms with van der Waals surface area (Å²) < 4.78 is 5.28. The van der Waals surface area contributed by atoms with Gasteiger partial charge in [-0.3, -0.25) is 5.10 Å². The van der Waals surface area contributed by atoms with Gasteiger partial charge < -0.3 is 4.74 Å². The number of methoxy groups -OCH3 is 1. The predicted molar refractivity (Wildman–Crippen MR) is 59.4 cm³/mol. The normalized spacial score (nSPS) is 12.7. The Morgan fingerprint density at radius 1 is 1.33 bits per heavy atom. The topological polar surface area (TPSA) is 37.9 Å². The van der Waals surface area contributed by atoms with E-state index in [1.54, 1.807) is 13.3 Å². The number of nitrogens with zero attached hydrogens (tertiary/aromatic N) is 1. The molecule has 0 aliphatic rings. The van der Waals surface area contributed by atoms with Crippen LogP contribution in [0.2, 0.25) is 0 Å². The predicted octanol–water partition coefficient (Wildman–Crippen LogP) is 2.78. The van der Waals surface area contributed by atoms with E-state index < -0.39 is 0 Å². The molecule has 0 bridgehead atoms. The lowest BCUT2D eigenvalue weighted by Crippen LogP contribution is -1.95. The van der Waals surface area contributed by atoms with Gasteiger partial charge in [-0.1, -0.05) is 18.2 Å². The Hall–Kier alpha value is -1.61. The van der Waals surface area contributed by atoms with Crippen molar-refractivity contribution in [2.75, 3.05) is 7.11 Å². The molecule has 1 N–H and O–H groups in total. The largest absolute Gasteiger partial charge is 0.377 e. The molecule has 78 valence electrons. The smallest absolute Gasteiger partial charge is 0.0793 e. The van der Waals surface area contributed by atoms with Gasteiger partial charge in [0.1, 0.15) is 0 Å². The molecule has 0 spiro atoms. The summed E-state index contributed by atoms with van der Waals surface area (Å²) in [5.41, 5.74) is 3.33. The lowest BCUT2D eigenvalue weighted by atomic mass is 10.1. The van der Waals surface area contributed by atoms with Gasteiger partial charge in [-0.15, -0.1) is 0 Å². The number of aromatic amines is 1. The van der Waals surface area contributed by atoms with Crippen LogP contribution in [0.3, 0.4) is 0 Å². The summed E-state index contributed by atoms with van der Waals surface area (Å²) in [6.45, 7) is 2.03. The fourth-order valence-corrected chi connectivity index (χ4v) is 1.51. The molecule has 1 aromatic carbocycles. The van der Waals surface area contributed by atoms with Crippen LogP contribution in [0, 0.1) is 0 Å². The molecule has 1 heterocycles. The second-order valence-electron chi connectivity index (χ2n) is 3.47. The summed E-state index contributed by atoms with van der Waals surface area (Å²) in [5.74, 6) is 0. The van der Waals surface area contributed by atoms with Crippen molar-refractivity contribution in [1.82, 2.24) is 10.2 Å². The number of rotatable bonds is 3. The first-order valence-corrected chi connectivity index (χ1v) is 4.94. The third kappa shape index (κ3) is 2.07. The molecule has 1 aromatic heterocycles. The van der Waals surface area contributed by atoms with Gasteiger partial charge in [-0.2, -0.15) is 5.10 Å². The molecule has 3 heteroatoms. The van der Waals surface area contributed by atoms with E-state index in [0.717, 1.165) is 11.3 Å². The molecule has 0 aliphatic heterocycles. The Morgan fingerprint density at radius 2 is 2.20 bits per heavy atom. The van der Waals surface area contributed by atoms with Gasteiger partial charge in [0.2, 0.25) is 0 Å². The zero-order valence-corrected chi connectivity index (χ0v) is 8.90. The highest BCUT2D eigenvalue weighted by atomic mass is 16.5. The third-order valence-corrected chi connectivity index (χ3v) is 2.52. The van der Waals surface area contributed by atoms with Crippen LogP contribution >= 0.6 is 0 Å². The van der Waals surface area contributed by atoms with Crippen molar-refractivity contribution < 1.29 is 4.74 Å². The molecule has 1 atom stereocenters. The quantitative estimate of drug-likeness (QED) is 0.831. The Bertz CT molecular complexity index is 423. The van der Waals surface area contributed by atoms with Crippen LogP contribution in [0.25, 0.3) is 11.3 Å². The molecule has 0 aliphatic carbocycles. The minimum atomic E-state index is 0.118. The van der Waals surface area contributed by atoms with E-state index in [2.05, 4.69) is 28.4 Å². The Balaban J connectivity index is 2.35. The van der Waals surface area contributed by atoms with Crippen LogP contribution in [0.5, 0.6) is 0 Å². The first-order valence-electron chi connectivity index (χ1n) is 4.94. The highest BCUT2D eigenvalue weighted by Gasteiger charge is 2.05. The van der Waals surface area contributed by atoms with Crippen molar-refractivity contribution >= 4 is 0 Å². The van der Waals surface area contributed by atoms with E-state index in [0.29, 0.717) is 0 Å². The van der Waals surface area contributed by atoms with Gasteiger partial charge in [-0.25, -0.2) is 0 Å². The van der Waals surface area contributed by atoms with Crippen molar-refractivity contribution in [3.05, 3.63) is 42.1 Å². The summed E-state index contributed by atoms with van der Waals surface area (Å²) in [6.07, 6.45) is 1.87. The second kappa shape index (κ2) is 4.28. The minimum absolute atomic E-state index is 0.118. The highest BCUT2D eigenvalue weighted by molar-refractivity contribution is 5.59. The molecule has 2 rings (SSSR count). The molecule has 0 fully saturated rings. The molecule has 1 unspecified atom stereocenters. The lowest BCUT2D eigenvalue weighted by Gasteiger charge is -2.10. The van der Waals surface area contributed by atoms with Crippen molar-refractivity contribution in [1.29, 1.82) is 0 Å². The zero-order chi connectivity index (χ0) is 10.7. The summed E-state index contributed by atoms with van der Waals surface area (Å²) in [6, 6.07) is 10.2. The van der Waals surface area contributed by atoms with Gasteiger partial charge in [-0.05, 0) is 30.2 Å². The van der Waals surface area contributed by atoms with Crippen LogP contribution < -0.4 is 0 Å². The lowest BCUT2D eigenvalue weighted by molar-refractivity contribution is 0.119. The average Bonchev–Trinajstić information content (AvgIpc) is 2.82. The summed E-state index contributed by atoms with van der Waals surface area (Å²) in [7, 11) is 1.72. The fraction of sp³-hybridized carbons (Fsp3) is 0.250. The van der Waals surface area contributed by atoms with E-state index in [1.165, 1.54) is 5.56 Å². The molecular weight excluding hydrogens is 188 g/mol. The number of nitrogens with one attached hydrogen (secondary N) is 1. The van der Waals surface area contributed by atoms with Crippen molar-refractivity contribution in [2.45, 2.75) is 13.0 Å². The molecule has 0 saturated carbocycles. The maximum atomic E-state index is 5.28. The fourth-order valence-electron chi connectivity index (χ4n) is 1.51. The van der Waals surface area contributed by atoms with Crippen molar-refractivity contribution in [3.8, 4) is 11.3 Å². The molecule has 2 aromatic rings. The SMILES string of the molecule is COC(C)c1cccc(-c2ccn[nH]2)c1. The maximum Gasteiger partial charge on any atom is 0.0793 e. The van der Waals surface area contributed by atoms with Gasteiger partial charge >= 0.3 is 0 Å². The Labute approximate surface area is 89.1 Å². The van der Waals surface area contributed by atoms with Gasteiger partial charge in [0.25, 0.3) is 0 Å². The minimum Gasteiger partial charge on any atom is -0.377 e. The number of hydrogen-bond donors (Lipinski definition) is 1. The van der Waals surface area contributed by atoms with Crippen LogP contribution in [0.4, 0.5) is 0 Å². The van der Waals surface area contributed by atoms with Crippen molar-refractivity contribution in [3.63, 3.8) is 0 Å². The van der Waals surface area contributed by atoms with Gasteiger partial charge in [0, 0.05) is 13.3 Å². The molecule has 0 saturated heterocycles. The summed E-state index contributed by atoms with van der Waals surface area (Å²) in [4.78, 5) is 0.